The van der Waals surface area contributed by atoms with Gasteiger partial charge in [0.05, 0.1) is 0 Å². The molecule has 0 saturated heterocycles. The highest BCUT2D eigenvalue weighted by Crippen LogP contribution is 2.23. The number of hydrogen-bond donors (Lipinski definition) is 2. The number of para-hydroxylation sites is 1. The van der Waals surface area contributed by atoms with Gasteiger partial charge in [0, 0.05) is 21.9 Å². The zero-order chi connectivity index (χ0) is 16.2. The van der Waals surface area contributed by atoms with Crippen LogP contribution in [0.15, 0.2) is 59.1 Å². The summed E-state index contributed by atoms with van der Waals surface area (Å²) >= 11 is 3.43. The third-order valence-electron chi connectivity index (χ3n) is 3.36. The summed E-state index contributed by atoms with van der Waals surface area (Å²) in [5.41, 5.74) is 3.19. The first-order valence-corrected chi connectivity index (χ1v) is 8.10. The van der Waals surface area contributed by atoms with Gasteiger partial charge in [0.2, 0.25) is 0 Å². The molecule has 0 fully saturated rings. The summed E-state index contributed by atoms with van der Waals surface area (Å²) < 4.78 is 1.05. The molecule has 0 spiro atoms. The van der Waals surface area contributed by atoms with E-state index >= 15 is 0 Å². The van der Waals surface area contributed by atoms with E-state index in [1.165, 1.54) is 5.56 Å². The molecule has 0 radical (unpaired) electrons. The molecular weight excluding hydrogens is 352 g/mol. The molecule has 0 aliphatic heterocycles. The van der Waals surface area contributed by atoms with E-state index in [0.29, 0.717) is 5.82 Å². The first-order valence-electron chi connectivity index (χ1n) is 7.31. The Hall–Kier alpha value is -2.40. The number of anilines is 4. The van der Waals surface area contributed by atoms with E-state index in [9.17, 15) is 0 Å². The first kappa shape index (κ1) is 15.5. The highest BCUT2D eigenvalue weighted by molar-refractivity contribution is 9.10. The molecule has 0 amide bonds. The van der Waals surface area contributed by atoms with Gasteiger partial charge in [-0.2, -0.15) is 0 Å². The lowest BCUT2D eigenvalue weighted by molar-refractivity contribution is 1.06. The molecule has 0 saturated carbocycles. The quantitative estimate of drug-likeness (QED) is 0.652. The Bertz CT molecular complexity index is 816. The Morgan fingerprint density at radius 1 is 0.826 bits per heavy atom. The number of hydrogen-bond acceptors (Lipinski definition) is 4. The molecule has 0 aliphatic rings. The minimum absolute atomic E-state index is 0.711. The van der Waals surface area contributed by atoms with Crippen LogP contribution in [-0.4, -0.2) is 9.97 Å². The molecule has 5 heteroatoms. The molecule has 0 aliphatic carbocycles. The molecule has 3 aromatic rings. The van der Waals surface area contributed by atoms with E-state index in [2.05, 4.69) is 49.5 Å². The van der Waals surface area contributed by atoms with Crippen molar-refractivity contribution in [3.8, 4) is 0 Å². The predicted octanol–water partition coefficient (Wildman–Crippen LogP) is 5.34. The van der Waals surface area contributed by atoms with Crippen molar-refractivity contribution in [1.29, 1.82) is 0 Å². The van der Waals surface area contributed by atoms with Crippen molar-refractivity contribution in [1.82, 2.24) is 9.97 Å². The fourth-order valence-electron chi connectivity index (χ4n) is 2.23. The van der Waals surface area contributed by atoms with E-state index < -0.39 is 0 Å². The van der Waals surface area contributed by atoms with Crippen LogP contribution in [0.25, 0.3) is 0 Å². The van der Waals surface area contributed by atoms with Crippen LogP contribution in [0.2, 0.25) is 0 Å². The van der Waals surface area contributed by atoms with Crippen molar-refractivity contribution in [2.24, 2.45) is 0 Å². The number of aromatic nitrogens is 2. The summed E-state index contributed by atoms with van der Waals surface area (Å²) in [7, 11) is 0. The third kappa shape index (κ3) is 4.07. The number of nitrogens with zero attached hydrogens (tertiary/aromatic N) is 2. The molecule has 1 aromatic heterocycles. The summed E-state index contributed by atoms with van der Waals surface area (Å²) in [5.74, 6) is 2.24. The lowest BCUT2D eigenvalue weighted by atomic mass is 10.2. The Kier molecular flexibility index (Phi) is 4.57. The average molecular weight is 369 g/mol. The van der Waals surface area contributed by atoms with Crippen LogP contribution < -0.4 is 10.6 Å². The number of nitrogens with one attached hydrogen (secondary N) is 2. The fraction of sp³-hybridized carbons (Fsp3) is 0.111. The van der Waals surface area contributed by atoms with Crippen LogP contribution in [0.4, 0.5) is 23.0 Å². The maximum atomic E-state index is 4.46. The minimum Gasteiger partial charge on any atom is -0.340 e. The van der Waals surface area contributed by atoms with Crippen LogP contribution in [0.5, 0.6) is 0 Å². The summed E-state index contributed by atoms with van der Waals surface area (Å²) in [6.07, 6.45) is 0. The van der Waals surface area contributed by atoms with Crippen LogP contribution >= 0.6 is 15.9 Å². The zero-order valence-electron chi connectivity index (χ0n) is 13.0. The summed E-state index contributed by atoms with van der Waals surface area (Å²) in [4.78, 5) is 8.90. The maximum absolute atomic E-state index is 4.46. The van der Waals surface area contributed by atoms with Gasteiger partial charge in [0.25, 0.3) is 0 Å². The number of halogens is 1. The minimum atomic E-state index is 0.711. The summed E-state index contributed by atoms with van der Waals surface area (Å²) in [6, 6.07) is 18.0. The van der Waals surface area contributed by atoms with Crippen LogP contribution in [0, 0.1) is 13.8 Å². The molecule has 4 nitrogen and oxygen atoms in total. The number of rotatable bonds is 4. The van der Waals surface area contributed by atoms with E-state index in [0.717, 1.165) is 27.5 Å². The maximum Gasteiger partial charge on any atom is 0.136 e. The predicted molar refractivity (Wildman–Crippen MR) is 98.7 cm³/mol. The molecule has 0 atom stereocenters. The van der Waals surface area contributed by atoms with Gasteiger partial charge in [-0.15, -0.1) is 0 Å². The molecule has 0 bridgehead atoms. The average Bonchev–Trinajstić information content (AvgIpc) is 2.51. The molecule has 0 unspecified atom stereocenters. The summed E-state index contributed by atoms with van der Waals surface area (Å²) in [6.45, 7) is 3.95. The summed E-state index contributed by atoms with van der Waals surface area (Å²) in [5, 5.41) is 6.65. The number of benzene rings is 2. The van der Waals surface area contributed by atoms with Crippen molar-refractivity contribution in [3.63, 3.8) is 0 Å². The fourth-order valence-corrected chi connectivity index (χ4v) is 2.49. The van der Waals surface area contributed by atoms with E-state index in [1.807, 2.05) is 55.5 Å². The Morgan fingerprint density at radius 3 is 2.17 bits per heavy atom. The van der Waals surface area contributed by atoms with E-state index in [1.54, 1.807) is 0 Å². The van der Waals surface area contributed by atoms with Gasteiger partial charge in [-0.25, -0.2) is 9.97 Å². The van der Waals surface area contributed by atoms with Crippen molar-refractivity contribution >= 4 is 38.9 Å². The highest BCUT2D eigenvalue weighted by atomic mass is 79.9. The Balaban J connectivity index is 1.84. The standard InChI is InChI=1S/C18H17BrN4/c1-12-5-3-4-6-16(12)23-18-11-17(20-13(2)21-18)22-15-9-7-14(19)8-10-15/h3-11H,1-2H3,(H2,20,21,22,23). The van der Waals surface area contributed by atoms with Gasteiger partial charge in [0.1, 0.15) is 17.5 Å². The molecule has 116 valence electrons. The molecular formula is C18H17BrN4. The molecule has 23 heavy (non-hydrogen) atoms. The SMILES string of the molecule is Cc1nc(Nc2ccc(Br)cc2)cc(Nc2ccccc2C)n1. The van der Waals surface area contributed by atoms with Gasteiger partial charge in [-0.05, 0) is 49.7 Å². The second-order valence-electron chi connectivity index (χ2n) is 5.26. The van der Waals surface area contributed by atoms with Gasteiger partial charge in [0.15, 0.2) is 0 Å². The topological polar surface area (TPSA) is 49.8 Å². The molecule has 2 aromatic carbocycles. The van der Waals surface area contributed by atoms with Crippen LogP contribution in [0.3, 0.4) is 0 Å². The van der Waals surface area contributed by atoms with E-state index in [4.69, 9.17) is 0 Å². The normalized spacial score (nSPS) is 10.4. The van der Waals surface area contributed by atoms with Gasteiger partial charge in [-0.3, -0.25) is 0 Å². The second-order valence-corrected chi connectivity index (χ2v) is 6.17. The molecule has 3 rings (SSSR count). The van der Waals surface area contributed by atoms with Crippen molar-refractivity contribution in [2.75, 3.05) is 10.6 Å². The highest BCUT2D eigenvalue weighted by Gasteiger charge is 2.04. The second kappa shape index (κ2) is 6.79. The van der Waals surface area contributed by atoms with Crippen LogP contribution in [0.1, 0.15) is 11.4 Å². The van der Waals surface area contributed by atoms with E-state index in [-0.39, 0.29) is 0 Å². The van der Waals surface area contributed by atoms with Crippen LogP contribution in [-0.2, 0) is 0 Å². The zero-order valence-corrected chi connectivity index (χ0v) is 14.6. The van der Waals surface area contributed by atoms with Crippen molar-refractivity contribution in [2.45, 2.75) is 13.8 Å². The Labute approximate surface area is 144 Å². The number of aryl methyl sites for hydroxylation is 2. The first-order chi connectivity index (χ1) is 11.1. The van der Waals surface area contributed by atoms with Crippen molar-refractivity contribution in [3.05, 3.63) is 70.5 Å². The lowest BCUT2D eigenvalue weighted by Crippen LogP contribution is -2.02. The largest absolute Gasteiger partial charge is 0.340 e. The monoisotopic (exact) mass is 368 g/mol. The third-order valence-corrected chi connectivity index (χ3v) is 3.89. The van der Waals surface area contributed by atoms with Gasteiger partial charge in [-0.1, -0.05) is 34.1 Å². The molecule has 1 heterocycles. The Morgan fingerprint density at radius 2 is 1.48 bits per heavy atom. The van der Waals surface area contributed by atoms with Gasteiger partial charge < -0.3 is 10.6 Å². The van der Waals surface area contributed by atoms with Gasteiger partial charge >= 0.3 is 0 Å². The smallest absolute Gasteiger partial charge is 0.136 e. The lowest BCUT2D eigenvalue weighted by Gasteiger charge is -2.11. The van der Waals surface area contributed by atoms with Crippen molar-refractivity contribution < 1.29 is 0 Å². The molecule has 2 N–H and O–H groups in total.